The second kappa shape index (κ2) is 5.05. The predicted octanol–water partition coefficient (Wildman–Crippen LogP) is 2.49. The molecule has 0 bridgehead atoms. The summed E-state index contributed by atoms with van der Waals surface area (Å²) < 4.78 is 64.6. The van der Waals surface area contributed by atoms with Crippen LogP contribution in [0.3, 0.4) is 0 Å². The zero-order valence-electron chi connectivity index (χ0n) is 8.70. The van der Waals surface area contributed by atoms with Crippen LogP contribution in [0.25, 0.3) is 0 Å². The quantitative estimate of drug-likeness (QED) is 0.861. The Morgan fingerprint density at radius 2 is 2.05 bits per heavy atom. The number of carbonyl (C=O) groups is 1. The fraction of sp³-hybridized carbons (Fsp3) is 0.222. The van der Waals surface area contributed by atoms with Crippen LogP contribution in [0.4, 0.5) is 22.0 Å². The van der Waals surface area contributed by atoms with Gasteiger partial charge in [-0.1, -0.05) is 0 Å². The van der Waals surface area contributed by atoms with Gasteiger partial charge in [-0.3, -0.25) is 0 Å². The van der Waals surface area contributed by atoms with Crippen molar-refractivity contribution in [2.75, 3.05) is 0 Å². The lowest BCUT2D eigenvalue weighted by molar-refractivity contribution is -0.275. The highest BCUT2D eigenvalue weighted by Crippen LogP contribution is 2.35. The highest BCUT2D eigenvalue weighted by molar-refractivity contribution is 5.86. The molecule has 1 aromatic heterocycles. The lowest BCUT2D eigenvalue weighted by Crippen LogP contribution is -2.19. The highest BCUT2D eigenvalue weighted by Gasteiger charge is 2.35. The van der Waals surface area contributed by atoms with Crippen molar-refractivity contribution in [1.29, 1.82) is 5.26 Å². The largest absolute Gasteiger partial charge is 0.573 e. The molecule has 5 nitrogen and oxygen atoms in total. The number of halogens is 5. The van der Waals surface area contributed by atoms with Crippen LogP contribution in [0.2, 0.25) is 0 Å². The van der Waals surface area contributed by atoms with Crippen molar-refractivity contribution in [3.05, 3.63) is 23.0 Å². The van der Waals surface area contributed by atoms with Crippen LogP contribution in [-0.4, -0.2) is 22.4 Å². The molecule has 0 radical (unpaired) electrons. The van der Waals surface area contributed by atoms with E-state index >= 15 is 0 Å². The third-order valence-corrected chi connectivity index (χ3v) is 1.79. The summed E-state index contributed by atoms with van der Waals surface area (Å²) in [5, 5.41) is 17.1. The molecule has 0 aromatic carbocycles. The van der Waals surface area contributed by atoms with Gasteiger partial charge in [0, 0.05) is 6.07 Å². The van der Waals surface area contributed by atoms with Gasteiger partial charge in [0.15, 0.2) is 11.4 Å². The van der Waals surface area contributed by atoms with E-state index in [1.54, 1.807) is 0 Å². The molecule has 10 heteroatoms. The van der Waals surface area contributed by atoms with Crippen LogP contribution in [0, 0.1) is 11.3 Å². The average molecular weight is 282 g/mol. The summed E-state index contributed by atoms with van der Waals surface area (Å²) in [6, 6.07) is 1.28. The molecule has 0 aliphatic heterocycles. The van der Waals surface area contributed by atoms with Crippen LogP contribution in [0.1, 0.15) is 28.2 Å². The summed E-state index contributed by atoms with van der Waals surface area (Å²) in [7, 11) is 0. The van der Waals surface area contributed by atoms with Gasteiger partial charge in [0.25, 0.3) is 6.43 Å². The zero-order chi connectivity index (χ0) is 14.8. The van der Waals surface area contributed by atoms with Crippen molar-refractivity contribution < 1.29 is 36.6 Å². The summed E-state index contributed by atoms with van der Waals surface area (Å²) in [5.74, 6) is -3.25. The number of carboxylic acids is 1. The molecule has 0 saturated carbocycles. The number of ether oxygens (including phenoxy) is 1. The normalized spacial score (nSPS) is 11.2. The van der Waals surface area contributed by atoms with Crippen molar-refractivity contribution in [3.8, 4) is 11.8 Å². The Morgan fingerprint density at radius 1 is 1.47 bits per heavy atom. The number of nitrogens with zero attached hydrogens (tertiary/aromatic N) is 2. The van der Waals surface area contributed by atoms with Gasteiger partial charge in [0.2, 0.25) is 0 Å². The van der Waals surface area contributed by atoms with Gasteiger partial charge in [0.05, 0.1) is 5.56 Å². The first kappa shape index (κ1) is 14.6. The van der Waals surface area contributed by atoms with E-state index in [9.17, 15) is 26.7 Å². The van der Waals surface area contributed by atoms with E-state index in [0.717, 1.165) is 6.07 Å². The monoisotopic (exact) mass is 282 g/mol. The maximum Gasteiger partial charge on any atom is 0.573 e. The lowest BCUT2D eigenvalue weighted by atomic mass is 10.1. The Labute approximate surface area is 101 Å². The molecule has 0 saturated heterocycles. The SMILES string of the molecule is N#Cc1nc(C(=O)O)cc(OC(F)(F)F)c1C(F)F. The van der Waals surface area contributed by atoms with Crippen molar-refractivity contribution in [2.24, 2.45) is 0 Å². The van der Waals surface area contributed by atoms with Crippen LogP contribution in [0.5, 0.6) is 5.75 Å². The van der Waals surface area contributed by atoms with Crippen LogP contribution in [-0.2, 0) is 0 Å². The summed E-state index contributed by atoms with van der Waals surface area (Å²) in [6.45, 7) is 0. The molecule has 0 aliphatic carbocycles. The predicted molar refractivity (Wildman–Crippen MR) is 47.6 cm³/mol. The Bertz CT molecular complexity index is 550. The molecular formula is C9H3F5N2O3. The third-order valence-electron chi connectivity index (χ3n) is 1.79. The molecule has 0 aliphatic rings. The Balaban J connectivity index is 3.51. The topological polar surface area (TPSA) is 83.2 Å². The van der Waals surface area contributed by atoms with Gasteiger partial charge >= 0.3 is 12.3 Å². The number of pyridine rings is 1. The molecule has 1 aromatic rings. The second-order valence-electron chi connectivity index (χ2n) is 3.03. The number of aromatic carboxylic acids is 1. The number of aromatic nitrogens is 1. The van der Waals surface area contributed by atoms with Crippen molar-refractivity contribution >= 4 is 5.97 Å². The van der Waals surface area contributed by atoms with E-state index in [0.29, 0.717) is 0 Å². The minimum Gasteiger partial charge on any atom is -0.477 e. The molecule has 102 valence electrons. The van der Waals surface area contributed by atoms with Crippen molar-refractivity contribution in [1.82, 2.24) is 4.98 Å². The minimum atomic E-state index is -5.31. The summed E-state index contributed by atoms with van der Waals surface area (Å²) in [5.41, 5.74) is -3.57. The summed E-state index contributed by atoms with van der Waals surface area (Å²) >= 11 is 0. The van der Waals surface area contributed by atoms with Gasteiger partial charge in [-0.25, -0.2) is 18.6 Å². The molecular weight excluding hydrogens is 279 g/mol. The second-order valence-corrected chi connectivity index (χ2v) is 3.03. The number of hydrogen-bond acceptors (Lipinski definition) is 4. The maximum absolute atomic E-state index is 12.6. The highest BCUT2D eigenvalue weighted by atomic mass is 19.4. The first-order chi connectivity index (χ1) is 8.65. The molecule has 0 fully saturated rings. The smallest absolute Gasteiger partial charge is 0.477 e. The fourth-order valence-corrected chi connectivity index (χ4v) is 1.15. The van der Waals surface area contributed by atoms with Gasteiger partial charge in [-0.05, 0) is 0 Å². The first-order valence-electron chi connectivity index (χ1n) is 4.38. The van der Waals surface area contributed by atoms with E-state index in [4.69, 9.17) is 10.4 Å². The maximum atomic E-state index is 12.6. The molecule has 0 amide bonds. The molecule has 0 unspecified atom stereocenters. The van der Waals surface area contributed by atoms with E-state index in [2.05, 4.69) is 9.72 Å². The molecule has 1 heterocycles. The lowest BCUT2D eigenvalue weighted by Gasteiger charge is -2.14. The van der Waals surface area contributed by atoms with Gasteiger partial charge in [-0.15, -0.1) is 13.2 Å². The standard InChI is InChI=1S/C9H3F5N2O3/c10-7(11)6-4(2-15)16-3(8(17)18)1-5(6)19-9(12,13)14/h1,7H,(H,17,18). The van der Waals surface area contributed by atoms with Gasteiger partial charge in [-0.2, -0.15) is 5.26 Å². The van der Waals surface area contributed by atoms with Crippen molar-refractivity contribution in [2.45, 2.75) is 12.8 Å². The number of hydrogen-bond donors (Lipinski definition) is 1. The van der Waals surface area contributed by atoms with Crippen LogP contribution < -0.4 is 4.74 Å². The number of alkyl halides is 5. The Hall–Kier alpha value is -2.44. The van der Waals surface area contributed by atoms with Gasteiger partial charge < -0.3 is 9.84 Å². The van der Waals surface area contributed by atoms with Gasteiger partial charge in [0.1, 0.15) is 11.8 Å². The molecule has 1 rings (SSSR count). The summed E-state index contributed by atoms with van der Waals surface area (Å²) in [4.78, 5) is 13.6. The van der Waals surface area contributed by atoms with Crippen molar-refractivity contribution in [3.63, 3.8) is 0 Å². The fourth-order valence-electron chi connectivity index (χ4n) is 1.15. The minimum absolute atomic E-state index is 0.179. The molecule has 0 spiro atoms. The molecule has 1 N–H and O–H groups in total. The average Bonchev–Trinajstić information content (AvgIpc) is 2.24. The van der Waals surface area contributed by atoms with Crippen LogP contribution >= 0.6 is 0 Å². The zero-order valence-corrected chi connectivity index (χ0v) is 8.70. The number of nitriles is 1. The first-order valence-corrected chi connectivity index (χ1v) is 4.38. The van der Waals surface area contributed by atoms with E-state index in [1.165, 1.54) is 0 Å². The number of rotatable bonds is 3. The third kappa shape index (κ3) is 3.51. The van der Waals surface area contributed by atoms with E-state index in [1.807, 2.05) is 0 Å². The molecule has 19 heavy (non-hydrogen) atoms. The number of carboxylic acid groups (broad SMARTS) is 1. The summed E-state index contributed by atoms with van der Waals surface area (Å²) in [6.07, 6.45) is -8.80. The molecule has 0 atom stereocenters. The van der Waals surface area contributed by atoms with Crippen LogP contribution in [0.15, 0.2) is 6.07 Å². The Morgan fingerprint density at radius 3 is 2.42 bits per heavy atom. The van der Waals surface area contributed by atoms with E-state index in [-0.39, 0.29) is 6.07 Å². The Kier molecular flexibility index (Phi) is 3.89. The van der Waals surface area contributed by atoms with E-state index < -0.39 is 41.5 Å².